The highest BCUT2D eigenvalue weighted by Crippen LogP contribution is 2.27. The van der Waals surface area contributed by atoms with Gasteiger partial charge in [-0.15, -0.1) is 0 Å². The van der Waals surface area contributed by atoms with Crippen molar-refractivity contribution in [2.24, 2.45) is 0 Å². The lowest BCUT2D eigenvalue weighted by Crippen LogP contribution is -1.97. The predicted molar refractivity (Wildman–Crippen MR) is 65.4 cm³/mol. The third-order valence-electron chi connectivity index (χ3n) is 1.91. The summed E-state index contributed by atoms with van der Waals surface area (Å²) in [6.07, 6.45) is 1.51. The van der Waals surface area contributed by atoms with Crippen LogP contribution >= 0.6 is 15.9 Å². The Morgan fingerprint density at radius 1 is 1.41 bits per heavy atom. The van der Waals surface area contributed by atoms with E-state index < -0.39 is 0 Å². The normalized spacial score (nSPS) is 9.65. The van der Waals surface area contributed by atoms with Crippen LogP contribution in [0.5, 0.6) is 11.6 Å². The number of aromatic nitrogens is 2. The van der Waals surface area contributed by atoms with Crippen LogP contribution in [0.2, 0.25) is 0 Å². The summed E-state index contributed by atoms with van der Waals surface area (Å²) in [5.41, 5.74) is 5.98. The minimum atomic E-state index is 0.125. The van der Waals surface area contributed by atoms with Crippen LogP contribution in [0.4, 0.5) is 5.95 Å². The van der Waals surface area contributed by atoms with Gasteiger partial charge in [-0.25, -0.2) is 4.98 Å². The minimum Gasteiger partial charge on any atom is -0.438 e. The number of nitrogens with two attached hydrogens (primary N) is 1. The van der Waals surface area contributed by atoms with Crippen molar-refractivity contribution in [3.05, 3.63) is 40.5 Å². The first-order valence-corrected chi connectivity index (χ1v) is 5.44. The molecule has 5 nitrogen and oxygen atoms in total. The zero-order valence-corrected chi connectivity index (χ0v) is 10.2. The molecule has 0 aliphatic carbocycles. The van der Waals surface area contributed by atoms with Crippen molar-refractivity contribution < 1.29 is 4.74 Å². The summed E-state index contributed by atoms with van der Waals surface area (Å²) in [6, 6.07) is 8.79. The topological polar surface area (TPSA) is 84.8 Å². The van der Waals surface area contributed by atoms with Gasteiger partial charge in [0.05, 0.1) is 22.3 Å². The second-order valence-electron chi connectivity index (χ2n) is 3.12. The lowest BCUT2D eigenvalue weighted by Gasteiger charge is -2.06. The van der Waals surface area contributed by atoms with Crippen LogP contribution < -0.4 is 10.5 Å². The van der Waals surface area contributed by atoms with Crippen molar-refractivity contribution in [1.82, 2.24) is 9.97 Å². The predicted octanol–water partition coefficient (Wildman–Crippen LogP) is 2.49. The first-order valence-electron chi connectivity index (χ1n) is 4.65. The molecule has 0 atom stereocenters. The van der Waals surface area contributed by atoms with Gasteiger partial charge in [0.1, 0.15) is 5.75 Å². The Balaban J connectivity index is 2.31. The second kappa shape index (κ2) is 4.80. The number of ether oxygens (including phenoxy) is 1. The molecule has 2 aromatic rings. The van der Waals surface area contributed by atoms with Gasteiger partial charge in [-0.1, -0.05) is 6.07 Å². The highest BCUT2D eigenvalue weighted by Gasteiger charge is 2.06. The summed E-state index contributed by atoms with van der Waals surface area (Å²) in [5, 5.41) is 8.77. The van der Waals surface area contributed by atoms with Crippen molar-refractivity contribution in [2.45, 2.75) is 0 Å². The number of hydrogen-bond acceptors (Lipinski definition) is 5. The summed E-state index contributed by atoms with van der Waals surface area (Å²) in [7, 11) is 0. The molecule has 2 N–H and O–H groups in total. The number of nitrogen functional groups attached to an aromatic ring is 1. The lowest BCUT2D eigenvalue weighted by molar-refractivity contribution is 0.459. The molecule has 0 radical (unpaired) electrons. The van der Waals surface area contributed by atoms with Crippen LogP contribution in [-0.4, -0.2) is 9.97 Å². The van der Waals surface area contributed by atoms with Crippen molar-refractivity contribution >= 4 is 21.9 Å². The van der Waals surface area contributed by atoms with Gasteiger partial charge < -0.3 is 10.5 Å². The molecule has 6 heteroatoms. The smallest absolute Gasteiger partial charge is 0.238 e. The summed E-state index contributed by atoms with van der Waals surface area (Å²) >= 11 is 3.25. The molecule has 0 unspecified atom stereocenters. The second-order valence-corrected chi connectivity index (χ2v) is 3.98. The number of halogens is 1. The van der Waals surface area contributed by atoms with Crippen molar-refractivity contribution in [2.75, 3.05) is 5.73 Å². The summed E-state index contributed by atoms with van der Waals surface area (Å²) in [5.74, 6) is 0.954. The van der Waals surface area contributed by atoms with Gasteiger partial charge in [0, 0.05) is 0 Å². The number of nitrogens with zero attached hydrogens (tertiary/aromatic N) is 3. The largest absolute Gasteiger partial charge is 0.438 e. The van der Waals surface area contributed by atoms with E-state index in [1.165, 1.54) is 6.20 Å². The van der Waals surface area contributed by atoms with E-state index in [0.29, 0.717) is 21.7 Å². The molecule has 0 saturated heterocycles. The highest BCUT2D eigenvalue weighted by molar-refractivity contribution is 9.10. The summed E-state index contributed by atoms with van der Waals surface area (Å²) in [6.45, 7) is 0. The van der Waals surface area contributed by atoms with Gasteiger partial charge in [0.15, 0.2) is 0 Å². The van der Waals surface area contributed by atoms with Gasteiger partial charge in [0.25, 0.3) is 0 Å². The van der Waals surface area contributed by atoms with Gasteiger partial charge in [-0.3, -0.25) is 0 Å². The first-order chi connectivity index (χ1) is 8.19. The Morgan fingerprint density at radius 3 is 3.00 bits per heavy atom. The fourth-order valence-electron chi connectivity index (χ4n) is 1.18. The number of rotatable bonds is 2. The molecule has 1 heterocycles. The van der Waals surface area contributed by atoms with Gasteiger partial charge in [-0.2, -0.15) is 10.2 Å². The lowest BCUT2D eigenvalue weighted by atomic mass is 10.2. The Kier molecular flexibility index (Phi) is 3.21. The van der Waals surface area contributed by atoms with Gasteiger partial charge in [-0.05, 0) is 34.1 Å². The Labute approximate surface area is 106 Å². The molecule has 0 aliphatic rings. The first kappa shape index (κ1) is 11.4. The Bertz CT molecular complexity index is 594. The maximum Gasteiger partial charge on any atom is 0.238 e. The molecule has 1 aromatic heterocycles. The monoisotopic (exact) mass is 290 g/mol. The van der Waals surface area contributed by atoms with Gasteiger partial charge >= 0.3 is 0 Å². The maximum absolute atomic E-state index is 8.77. The zero-order valence-electron chi connectivity index (χ0n) is 8.59. The Hall–Kier alpha value is -2.13. The summed E-state index contributed by atoms with van der Waals surface area (Å²) in [4.78, 5) is 7.74. The number of nitriles is 1. The van der Waals surface area contributed by atoms with Crippen LogP contribution in [0.1, 0.15) is 5.56 Å². The maximum atomic E-state index is 8.77. The number of benzene rings is 1. The van der Waals surface area contributed by atoms with Crippen LogP contribution in [0.25, 0.3) is 0 Å². The van der Waals surface area contributed by atoms with Crippen LogP contribution in [0.15, 0.2) is 34.9 Å². The molecule has 84 valence electrons. The third kappa shape index (κ3) is 2.71. The van der Waals surface area contributed by atoms with E-state index in [-0.39, 0.29) is 5.95 Å². The fourth-order valence-corrected chi connectivity index (χ4v) is 1.45. The minimum absolute atomic E-state index is 0.125. The fraction of sp³-hybridized carbons (Fsp3) is 0. The van der Waals surface area contributed by atoms with Crippen molar-refractivity contribution in [3.63, 3.8) is 0 Å². The SMILES string of the molecule is N#Cc1cccc(Oc2nc(N)ncc2Br)c1. The van der Waals surface area contributed by atoms with Crippen molar-refractivity contribution in [1.29, 1.82) is 5.26 Å². The van der Waals surface area contributed by atoms with Crippen LogP contribution in [0.3, 0.4) is 0 Å². The standard InChI is InChI=1S/C11H7BrN4O/c12-9-6-15-11(14)16-10(9)17-8-3-1-2-7(4-8)5-13/h1-4,6H,(H2,14,15,16). The molecular formula is C11H7BrN4O. The van der Waals surface area contributed by atoms with Crippen LogP contribution in [0, 0.1) is 11.3 Å². The molecule has 0 fully saturated rings. The average Bonchev–Trinajstić information content (AvgIpc) is 2.34. The molecule has 0 aliphatic heterocycles. The molecule has 2 rings (SSSR count). The van der Waals surface area contributed by atoms with Crippen LogP contribution in [-0.2, 0) is 0 Å². The molecule has 1 aromatic carbocycles. The van der Waals surface area contributed by atoms with E-state index in [9.17, 15) is 0 Å². The van der Waals surface area contributed by atoms with E-state index >= 15 is 0 Å². The molecule has 0 spiro atoms. The molecule has 0 bridgehead atoms. The van der Waals surface area contributed by atoms with E-state index in [4.69, 9.17) is 15.7 Å². The summed E-state index contributed by atoms with van der Waals surface area (Å²) < 4.78 is 6.10. The highest BCUT2D eigenvalue weighted by atomic mass is 79.9. The van der Waals surface area contributed by atoms with E-state index in [1.807, 2.05) is 6.07 Å². The molecular weight excluding hydrogens is 284 g/mol. The molecule has 0 saturated carbocycles. The molecule has 0 amide bonds. The average molecular weight is 291 g/mol. The number of anilines is 1. The third-order valence-corrected chi connectivity index (χ3v) is 2.45. The molecule has 17 heavy (non-hydrogen) atoms. The van der Waals surface area contributed by atoms with E-state index in [0.717, 1.165) is 0 Å². The quantitative estimate of drug-likeness (QED) is 0.918. The van der Waals surface area contributed by atoms with Gasteiger partial charge in [0.2, 0.25) is 11.8 Å². The van der Waals surface area contributed by atoms with E-state index in [1.54, 1.807) is 24.3 Å². The van der Waals surface area contributed by atoms with E-state index in [2.05, 4.69) is 25.9 Å². The zero-order chi connectivity index (χ0) is 12.3. The number of hydrogen-bond donors (Lipinski definition) is 1. The van der Waals surface area contributed by atoms with Crippen molar-refractivity contribution in [3.8, 4) is 17.7 Å². The Morgan fingerprint density at radius 2 is 2.24 bits per heavy atom.